The normalized spacial score (nSPS) is 16.1. The van der Waals surface area contributed by atoms with Crippen molar-refractivity contribution in [1.82, 2.24) is 10.2 Å². The van der Waals surface area contributed by atoms with Gasteiger partial charge < -0.3 is 20.3 Å². The van der Waals surface area contributed by atoms with Crippen molar-refractivity contribution in [2.75, 3.05) is 18.4 Å². The standard InChI is InChI=1S/C19H27N3O4/c1-13(2)16(21-19(25)20-15-9-5-4-6-10-15)18(24)26-14(3)17(23)22-11-7-8-12-22/h4-6,9-10,13-14,16H,7-8,11-12H2,1-3H3,(H2,20,21,25)/t14-,16-/m0/s1. The molecule has 26 heavy (non-hydrogen) atoms. The maximum absolute atomic E-state index is 12.5. The van der Waals surface area contributed by atoms with Gasteiger partial charge in [-0.1, -0.05) is 32.0 Å². The Morgan fingerprint density at radius 3 is 2.23 bits per heavy atom. The lowest BCUT2D eigenvalue weighted by Crippen LogP contribution is -2.49. The van der Waals surface area contributed by atoms with E-state index >= 15 is 0 Å². The van der Waals surface area contributed by atoms with Crippen molar-refractivity contribution in [2.45, 2.75) is 45.8 Å². The summed E-state index contributed by atoms with van der Waals surface area (Å²) in [5.74, 6) is -0.978. The fourth-order valence-electron chi connectivity index (χ4n) is 2.82. The van der Waals surface area contributed by atoms with Gasteiger partial charge in [-0.25, -0.2) is 9.59 Å². The Morgan fingerprint density at radius 2 is 1.65 bits per heavy atom. The molecule has 0 saturated carbocycles. The van der Waals surface area contributed by atoms with Crippen LogP contribution in [0.25, 0.3) is 0 Å². The highest BCUT2D eigenvalue weighted by atomic mass is 16.5. The second-order valence-corrected chi connectivity index (χ2v) is 6.80. The average Bonchev–Trinajstić information content (AvgIpc) is 3.14. The molecule has 0 spiro atoms. The van der Waals surface area contributed by atoms with Gasteiger partial charge in [-0.05, 0) is 37.8 Å². The van der Waals surface area contributed by atoms with Crippen LogP contribution in [0.4, 0.5) is 10.5 Å². The van der Waals surface area contributed by atoms with Crippen LogP contribution in [0.5, 0.6) is 0 Å². The lowest BCUT2D eigenvalue weighted by molar-refractivity contribution is -0.161. The van der Waals surface area contributed by atoms with Gasteiger partial charge in [-0.2, -0.15) is 0 Å². The molecular weight excluding hydrogens is 334 g/mol. The number of carbonyl (C=O) groups excluding carboxylic acids is 3. The summed E-state index contributed by atoms with van der Waals surface area (Å²) >= 11 is 0. The van der Waals surface area contributed by atoms with Gasteiger partial charge in [0.1, 0.15) is 6.04 Å². The van der Waals surface area contributed by atoms with Crippen molar-refractivity contribution in [3.05, 3.63) is 30.3 Å². The molecule has 7 nitrogen and oxygen atoms in total. The van der Waals surface area contributed by atoms with Crippen LogP contribution in [0.15, 0.2) is 30.3 Å². The number of nitrogens with zero attached hydrogens (tertiary/aromatic N) is 1. The number of nitrogens with one attached hydrogen (secondary N) is 2. The smallest absolute Gasteiger partial charge is 0.329 e. The highest BCUT2D eigenvalue weighted by molar-refractivity contribution is 5.93. The van der Waals surface area contributed by atoms with Gasteiger partial charge in [0.05, 0.1) is 0 Å². The highest BCUT2D eigenvalue weighted by Crippen LogP contribution is 2.13. The molecule has 3 amide bonds. The number of hydrogen-bond acceptors (Lipinski definition) is 4. The van der Waals surface area contributed by atoms with Crippen LogP contribution < -0.4 is 10.6 Å². The van der Waals surface area contributed by atoms with Crippen LogP contribution in [-0.4, -0.2) is 48.0 Å². The number of para-hydroxylation sites is 1. The summed E-state index contributed by atoms with van der Waals surface area (Å²) in [4.78, 5) is 38.6. The van der Waals surface area contributed by atoms with Crippen molar-refractivity contribution in [2.24, 2.45) is 5.92 Å². The zero-order valence-corrected chi connectivity index (χ0v) is 15.5. The lowest BCUT2D eigenvalue weighted by atomic mass is 10.0. The van der Waals surface area contributed by atoms with Crippen molar-refractivity contribution in [3.63, 3.8) is 0 Å². The minimum Gasteiger partial charge on any atom is -0.451 e. The van der Waals surface area contributed by atoms with Gasteiger partial charge in [0, 0.05) is 18.8 Å². The van der Waals surface area contributed by atoms with Gasteiger partial charge in [-0.15, -0.1) is 0 Å². The molecule has 7 heteroatoms. The van der Waals surface area contributed by atoms with Crippen LogP contribution in [-0.2, 0) is 14.3 Å². The van der Waals surface area contributed by atoms with Crippen LogP contribution in [0.1, 0.15) is 33.6 Å². The first kappa shape index (κ1) is 19.8. The Labute approximate surface area is 154 Å². The Morgan fingerprint density at radius 1 is 1.04 bits per heavy atom. The first-order chi connectivity index (χ1) is 12.4. The molecule has 0 aliphatic carbocycles. The second-order valence-electron chi connectivity index (χ2n) is 6.80. The third-order valence-corrected chi connectivity index (χ3v) is 4.30. The molecule has 142 valence electrons. The number of hydrogen-bond donors (Lipinski definition) is 2. The van der Waals surface area contributed by atoms with Crippen LogP contribution in [0.3, 0.4) is 0 Å². The largest absolute Gasteiger partial charge is 0.451 e. The molecule has 1 aliphatic heterocycles. The van der Waals surface area contributed by atoms with Gasteiger partial charge in [0.15, 0.2) is 6.10 Å². The third kappa shape index (κ3) is 5.47. The summed E-state index contributed by atoms with van der Waals surface area (Å²) in [5, 5.41) is 5.30. The summed E-state index contributed by atoms with van der Waals surface area (Å²) < 4.78 is 5.33. The molecule has 2 rings (SSSR count). The van der Waals surface area contributed by atoms with Crippen LogP contribution in [0.2, 0.25) is 0 Å². The lowest BCUT2D eigenvalue weighted by Gasteiger charge is -2.25. The van der Waals surface area contributed by atoms with Gasteiger partial charge in [-0.3, -0.25) is 4.79 Å². The molecule has 1 aromatic carbocycles. The first-order valence-electron chi connectivity index (χ1n) is 9.00. The van der Waals surface area contributed by atoms with Crippen molar-refractivity contribution < 1.29 is 19.1 Å². The highest BCUT2D eigenvalue weighted by Gasteiger charge is 2.31. The van der Waals surface area contributed by atoms with E-state index < -0.39 is 24.1 Å². The minimum absolute atomic E-state index is 0.182. The quantitative estimate of drug-likeness (QED) is 0.762. The number of amides is 3. The monoisotopic (exact) mass is 361 g/mol. The summed E-state index contributed by atoms with van der Waals surface area (Å²) in [6.45, 7) is 6.58. The van der Waals surface area contributed by atoms with Crippen LogP contribution in [0, 0.1) is 5.92 Å². The van der Waals surface area contributed by atoms with Crippen LogP contribution >= 0.6 is 0 Å². The minimum atomic E-state index is -0.860. The van der Waals surface area contributed by atoms with E-state index in [1.807, 2.05) is 19.9 Å². The number of esters is 1. The van der Waals surface area contributed by atoms with E-state index in [-0.39, 0.29) is 11.8 Å². The van der Waals surface area contributed by atoms with Crippen molar-refractivity contribution >= 4 is 23.6 Å². The molecular formula is C19H27N3O4. The Hall–Kier alpha value is -2.57. The molecule has 1 saturated heterocycles. The summed E-state index contributed by atoms with van der Waals surface area (Å²) in [5.41, 5.74) is 0.624. The van der Waals surface area contributed by atoms with Gasteiger partial charge in [0.25, 0.3) is 5.91 Å². The molecule has 0 unspecified atom stereocenters. The first-order valence-corrected chi connectivity index (χ1v) is 9.00. The number of rotatable bonds is 6. The van der Waals surface area contributed by atoms with E-state index in [9.17, 15) is 14.4 Å². The van der Waals surface area contributed by atoms with E-state index in [0.29, 0.717) is 18.8 Å². The fraction of sp³-hybridized carbons (Fsp3) is 0.526. The topological polar surface area (TPSA) is 87.7 Å². The molecule has 1 aliphatic rings. The number of urea groups is 1. The molecule has 1 aromatic rings. The molecule has 0 aromatic heterocycles. The molecule has 1 heterocycles. The van der Waals surface area contributed by atoms with E-state index in [4.69, 9.17) is 4.74 Å². The number of carbonyl (C=O) groups is 3. The van der Waals surface area contributed by atoms with Gasteiger partial charge in [0.2, 0.25) is 0 Å². The summed E-state index contributed by atoms with van der Waals surface area (Å²) in [6.07, 6.45) is 1.09. The van der Waals surface area contributed by atoms with Crippen molar-refractivity contribution in [1.29, 1.82) is 0 Å². The predicted molar refractivity (Wildman–Crippen MR) is 98.6 cm³/mol. The second kappa shape index (κ2) is 9.22. The Bertz CT molecular complexity index is 627. The third-order valence-electron chi connectivity index (χ3n) is 4.30. The molecule has 2 atom stereocenters. The van der Waals surface area contributed by atoms with E-state index in [0.717, 1.165) is 12.8 Å². The number of anilines is 1. The Balaban J connectivity index is 1.91. The van der Waals surface area contributed by atoms with E-state index in [1.165, 1.54) is 0 Å². The zero-order valence-electron chi connectivity index (χ0n) is 15.5. The maximum Gasteiger partial charge on any atom is 0.329 e. The van der Waals surface area contributed by atoms with Gasteiger partial charge >= 0.3 is 12.0 Å². The zero-order chi connectivity index (χ0) is 19.1. The van der Waals surface area contributed by atoms with Crippen molar-refractivity contribution in [3.8, 4) is 0 Å². The molecule has 0 radical (unpaired) electrons. The van der Waals surface area contributed by atoms with E-state index in [1.54, 1.807) is 36.1 Å². The Kier molecular flexibility index (Phi) is 7.00. The SMILES string of the molecule is CC(C)[C@H](NC(=O)Nc1ccccc1)C(=O)O[C@@H](C)C(=O)N1CCCC1. The molecule has 0 bridgehead atoms. The number of benzene rings is 1. The number of ether oxygens (including phenoxy) is 1. The maximum atomic E-state index is 12.5. The summed E-state index contributed by atoms with van der Waals surface area (Å²) in [6, 6.07) is 7.61. The fourth-order valence-corrected chi connectivity index (χ4v) is 2.82. The molecule has 1 fully saturated rings. The molecule has 2 N–H and O–H groups in total. The predicted octanol–water partition coefficient (Wildman–Crippen LogP) is 2.39. The van der Waals surface area contributed by atoms with E-state index in [2.05, 4.69) is 10.6 Å². The summed E-state index contributed by atoms with van der Waals surface area (Å²) in [7, 11) is 0. The average molecular weight is 361 g/mol. The number of likely N-dealkylation sites (tertiary alicyclic amines) is 1.